The molecule has 3 heterocycles. The highest BCUT2D eigenvalue weighted by molar-refractivity contribution is 5.90. The predicted octanol–water partition coefficient (Wildman–Crippen LogP) is -2.70. The standard InChI is InChI=1S/C36H44O20/c1-17(39)48-15-23-24(41)26(43)27(44)34(51-23)53-30-28(45)29(52-32(46)19-9-5-3-6-10-19)22(14-38)50-35(30)56-36(16-49-18(2)40)31(25(42)21(13-37)55-36)54-33(47)20-11-7-4-8-12-20/h3-12,21-31,34-35,37-38,41-45H,13-16H2,1-2H3/t21-,22+,23-,24+,25+,26-,27+,28-,29+,30+,31-,34-,35+,36+/m0/s1. The summed E-state index contributed by atoms with van der Waals surface area (Å²) in [7, 11) is 0. The molecule has 56 heavy (non-hydrogen) atoms. The Kier molecular flexibility index (Phi) is 14.5. The summed E-state index contributed by atoms with van der Waals surface area (Å²) in [4.78, 5) is 50.1. The van der Waals surface area contributed by atoms with E-state index in [2.05, 4.69) is 0 Å². The molecule has 0 bridgehead atoms. The first-order chi connectivity index (χ1) is 26.7. The molecule has 2 aromatic carbocycles. The van der Waals surface area contributed by atoms with Crippen LogP contribution in [0.2, 0.25) is 0 Å². The highest BCUT2D eigenvalue weighted by Gasteiger charge is 2.63. The lowest BCUT2D eigenvalue weighted by atomic mass is 9.96. The first-order valence-electron chi connectivity index (χ1n) is 17.4. The lowest BCUT2D eigenvalue weighted by Gasteiger charge is -2.48. The van der Waals surface area contributed by atoms with Gasteiger partial charge in [-0.25, -0.2) is 9.59 Å². The van der Waals surface area contributed by atoms with E-state index in [0.717, 1.165) is 13.8 Å². The predicted molar refractivity (Wildman–Crippen MR) is 180 cm³/mol. The van der Waals surface area contributed by atoms with Crippen LogP contribution in [0.25, 0.3) is 0 Å². The van der Waals surface area contributed by atoms with Crippen LogP contribution in [0, 0.1) is 0 Å². The van der Waals surface area contributed by atoms with Gasteiger partial charge in [0.2, 0.25) is 5.79 Å². The molecule has 2 aromatic rings. The molecule has 0 radical (unpaired) electrons. The number of esters is 4. The van der Waals surface area contributed by atoms with Crippen LogP contribution in [-0.2, 0) is 52.2 Å². The zero-order chi connectivity index (χ0) is 40.7. The van der Waals surface area contributed by atoms with Gasteiger partial charge >= 0.3 is 23.9 Å². The van der Waals surface area contributed by atoms with Crippen molar-refractivity contribution in [3.63, 3.8) is 0 Å². The van der Waals surface area contributed by atoms with Crippen LogP contribution in [0.1, 0.15) is 34.6 Å². The van der Waals surface area contributed by atoms with Gasteiger partial charge < -0.3 is 78.4 Å². The highest BCUT2D eigenvalue weighted by Crippen LogP contribution is 2.40. The molecular weight excluding hydrogens is 752 g/mol. The molecule has 7 N–H and O–H groups in total. The third kappa shape index (κ3) is 9.68. The first-order valence-corrected chi connectivity index (χ1v) is 17.4. The number of hydrogen-bond donors (Lipinski definition) is 7. The monoisotopic (exact) mass is 796 g/mol. The Labute approximate surface area is 318 Å². The van der Waals surface area contributed by atoms with Gasteiger partial charge in [0.15, 0.2) is 24.8 Å². The number of carbonyl (C=O) groups is 4. The van der Waals surface area contributed by atoms with Crippen molar-refractivity contribution in [1.82, 2.24) is 0 Å². The maximum Gasteiger partial charge on any atom is 0.338 e. The third-order valence-corrected chi connectivity index (χ3v) is 9.15. The molecule has 3 aliphatic rings. The fourth-order valence-electron chi connectivity index (χ4n) is 6.27. The van der Waals surface area contributed by atoms with Crippen molar-refractivity contribution >= 4 is 23.9 Å². The van der Waals surface area contributed by atoms with Crippen molar-refractivity contribution in [3.05, 3.63) is 71.8 Å². The van der Waals surface area contributed by atoms with Crippen LogP contribution in [0.4, 0.5) is 0 Å². The number of aliphatic hydroxyl groups excluding tert-OH is 7. The fourth-order valence-corrected chi connectivity index (χ4v) is 6.27. The van der Waals surface area contributed by atoms with E-state index in [-0.39, 0.29) is 11.1 Å². The minimum Gasteiger partial charge on any atom is -0.463 e. The molecule has 0 aliphatic carbocycles. The number of rotatable bonds is 14. The Hall–Kier alpha value is -4.16. The van der Waals surface area contributed by atoms with Crippen LogP contribution >= 0.6 is 0 Å². The van der Waals surface area contributed by atoms with E-state index in [0.29, 0.717) is 0 Å². The van der Waals surface area contributed by atoms with Crippen LogP contribution in [-0.4, -0.2) is 172 Å². The Bertz CT molecular complexity index is 1630. The van der Waals surface area contributed by atoms with Gasteiger partial charge in [0.05, 0.1) is 24.3 Å². The van der Waals surface area contributed by atoms with Crippen molar-refractivity contribution in [1.29, 1.82) is 0 Å². The molecular formula is C36H44O20. The Balaban J connectivity index is 1.54. The molecule has 0 aromatic heterocycles. The molecule has 20 nitrogen and oxygen atoms in total. The topological polar surface area (TPSA) is 293 Å². The zero-order valence-corrected chi connectivity index (χ0v) is 30.0. The lowest BCUT2D eigenvalue weighted by molar-refractivity contribution is -0.407. The smallest absolute Gasteiger partial charge is 0.338 e. The largest absolute Gasteiger partial charge is 0.463 e. The lowest BCUT2D eigenvalue weighted by Crippen LogP contribution is -2.67. The van der Waals surface area contributed by atoms with Crippen molar-refractivity contribution in [2.24, 2.45) is 0 Å². The molecule has 0 saturated carbocycles. The van der Waals surface area contributed by atoms with Gasteiger partial charge in [-0.2, -0.15) is 0 Å². The quantitative estimate of drug-likeness (QED) is 0.0756. The van der Waals surface area contributed by atoms with Gasteiger partial charge in [0.25, 0.3) is 0 Å². The summed E-state index contributed by atoms with van der Waals surface area (Å²) >= 11 is 0. The maximum absolute atomic E-state index is 13.3. The van der Waals surface area contributed by atoms with E-state index in [1.165, 1.54) is 48.5 Å². The molecule has 20 heteroatoms. The van der Waals surface area contributed by atoms with Gasteiger partial charge in [-0.15, -0.1) is 0 Å². The Morgan fingerprint density at radius 1 is 0.625 bits per heavy atom. The molecule has 0 amide bonds. The summed E-state index contributed by atoms with van der Waals surface area (Å²) in [5, 5.41) is 75.8. The average Bonchev–Trinajstić information content (AvgIpc) is 3.45. The number of aliphatic hydroxyl groups is 7. The van der Waals surface area contributed by atoms with Crippen LogP contribution < -0.4 is 0 Å². The Morgan fingerprint density at radius 3 is 1.73 bits per heavy atom. The fraction of sp³-hybridized carbons (Fsp3) is 0.556. The molecule has 5 rings (SSSR count). The second-order valence-electron chi connectivity index (χ2n) is 13.1. The normalized spacial score (nSPS) is 35.6. The van der Waals surface area contributed by atoms with Gasteiger partial charge in [-0.3, -0.25) is 9.59 Å². The van der Waals surface area contributed by atoms with Crippen molar-refractivity contribution in [3.8, 4) is 0 Å². The first kappa shape index (κ1) is 43.0. The second kappa shape index (κ2) is 18.9. The second-order valence-corrected chi connectivity index (χ2v) is 13.1. The molecule has 0 spiro atoms. The van der Waals surface area contributed by atoms with Gasteiger partial charge in [0.1, 0.15) is 68.1 Å². The minimum absolute atomic E-state index is 0.00925. The molecule has 308 valence electrons. The summed E-state index contributed by atoms with van der Waals surface area (Å²) < 4.78 is 50.9. The summed E-state index contributed by atoms with van der Waals surface area (Å²) in [6.45, 7) is -1.33. The van der Waals surface area contributed by atoms with E-state index in [4.69, 9.17) is 42.6 Å². The summed E-state index contributed by atoms with van der Waals surface area (Å²) in [6.07, 6.45) is -24.2. The van der Waals surface area contributed by atoms with E-state index >= 15 is 0 Å². The number of hydrogen-bond acceptors (Lipinski definition) is 20. The van der Waals surface area contributed by atoms with Gasteiger partial charge in [-0.1, -0.05) is 36.4 Å². The highest BCUT2D eigenvalue weighted by atomic mass is 16.8. The third-order valence-electron chi connectivity index (χ3n) is 9.15. The molecule has 3 fully saturated rings. The van der Waals surface area contributed by atoms with Crippen molar-refractivity contribution in [2.45, 2.75) is 99.4 Å². The van der Waals surface area contributed by atoms with E-state index in [1.807, 2.05) is 0 Å². The number of carbonyl (C=O) groups excluding carboxylic acids is 4. The van der Waals surface area contributed by atoms with Crippen LogP contribution in [0.15, 0.2) is 60.7 Å². The molecule has 0 unspecified atom stereocenters. The summed E-state index contributed by atoms with van der Waals surface area (Å²) in [5.74, 6) is -6.26. The number of ether oxygens (including phenoxy) is 9. The van der Waals surface area contributed by atoms with E-state index < -0.39 is 136 Å². The van der Waals surface area contributed by atoms with Gasteiger partial charge in [-0.05, 0) is 24.3 Å². The molecule has 14 atom stereocenters. The summed E-state index contributed by atoms with van der Waals surface area (Å²) in [5.41, 5.74) is 0.0467. The van der Waals surface area contributed by atoms with E-state index in [9.17, 15) is 54.9 Å². The van der Waals surface area contributed by atoms with Crippen molar-refractivity contribution < 1.29 is 97.6 Å². The molecule has 3 saturated heterocycles. The van der Waals surface area contributed by atoms with Gasteiger partial charge in [0, 0.05) is 13.8 Å². The summed E-state index contributed by atoms with van der Waals surface area (Å²) in [6, 6.07) is 15.0. The van der Waals surface area contributed by atoms with Crippen LogP contribution in [0.5, 0.6) is 0 Å². The average molecular weight is 797 g/mol. The SMILES string of the molecule is CC(=O)OC[C@@H]1O[C@@H](O[C@H]2[C@@H](O[C@@]3(COC(C)=O)O[C@@H](CO)[C@@H](O)[C@@H]3OC(=O)c3ccccc3)O[C@H](CO)[C@@H](OC(=O)c3ccccc3)[C@@H]2O)[C@H](O)[C@@H](O)[C@@H]1O. The van der Waals surface area contributed by atoms with Crippen LogP contribution in [0.3, 0.4) is 0 Å². The number of benzene rings is 2. The minimum atomic E-state index is -2.58. The molecule has 3 aliphatic heterocycles. The maximum atomic E-state index is 13.3. The van der Waals surface area contributed by atoms with Crippen molar-refractivity contribution in [2.75, 3.05) is 26.4 Å². The zero-order valence-electron chi connectivity index (χ0n) is 30.0. The van der Waals surface area contributed by atoms with E-state index in [1.54, 1.807) is 12.1 Å². The Morgan fingerprint density at radius 2 is 1.18 bits per heavy atom.